The topological polar surface area (TPSA) is 50.8 Å². The molecule has 1 aromatic carbocycles. The zero-order valence-corrected chi connectivity index (χ0v) is 13.5. The molecule has 1 aliphatic rings. The number of nitrogens with one attached hydrogen (secondary N) is 1. The Morgan fingerprint density at radius 1 is 1.41 bits per heavy atom. The standard InChI is InChI=1S/C17H26N2O3/c1-14(2)10-18-11-16-12-19(8-9-21-16)17(20)22-13-15-6-4-3-5-7-15/h3-7,14,16,18H,8-13H2,1-2H3. The molecular formula is C17H26N2O3. The van der Waals surface area contributed by atoms with Gasteiger partial charge in [0.1, 0.15) is 6.61 Å². The van der Waals surface area contributed by atoms with Gasteiger partial charge in [0, 0.05) is 13.1 Å². The Bertz CT molecular complexity index is 450. The molecule has 0 saturated carbocycles. The van der Waals surface area contributed by atoms with Gasteiger partial charge in [-0.3, -0.25) is 0 Å². The van der Waals surface area contributed by atoms with Crippen molar-refractivity contribution in [1.29, 1.82) is 0 Å². The third-order valence-corrected chi connectivity index (χ3v) is 3.53. The predicted octanol–water partition coefficient (Wildman–Crippen LogP) is 2.27. The van der Waals surface area contributed by atoms with Gasteiger partial charge in [-0.25, -0.2) is 4.79 Å². The number of carbonyl (C=O) groups is 1. The van der Waals surface area contributed by atoms with Gasteiger partial charge in [0.05, 0.1) is 19.3 Å². The number of morpholine rings is 1. The van der Waals surface area contributed by atoms with E-state index in [0.29, 0.717) is 32.2 Å². The highest BCUT2D eigenvalue weighted by Crippen LogP contribution is 2.08. The van der Waals surface area contributed by atoms with Gasteiger partial charge in [-0.2, -0.15) is 0 Å². The summed E-state index contributed by atoms with van der Waals surface area (Å²) in [5.41, 5.74) is 0.999. The first-order valence-corrected chi connectivity index (χ1v) is 7.93. The van der Waals surface area contributed by atoms with Crippen LogP contribution in [0.2, 0.25) is 0 Å². The first kappa shape index (κ1) is 16.8. The Hall–Kier alpha value is -1.59. The lowest BCUT2D eigenvalue weighted by atomic mass is 10.2. The van der Waals surface area contributed by atoms with E-state index in [2.05, 4.69) is 19.2 Å². The van der Waals surface area contributed by atoms with Gasteiger partial charge < -0.3 is 19.7 Å². The van der Waals surface area contributed by atoms with E-state index in [0.717, 1.165) is 18.7 Å². The van der Waals surface area contributed by atoms with Crippen LogP contribution in [0.1, 0.15) is 19.4 Å². The molecule has 2 rings (SSSR count). The van der Waals surface area contributed by atoms with Gasteiger partial charge in [0.15, 0.2) is 0 Å². The van der Waals surface area contributed by atoms with Crippen molar-refractivity contribution in [2.24, 2.45) is 5.92 Å². The third kappa shape index (κ3) is 5.66. The number of hydrogen-bond donors (Lipinski definition) is 1. The zero-order chi connectivity index (χ0) is 15.8. The van der Waals surface area contributed by atoms with Crippen molar-refractivity contribution in [2.45, 2.75) is 26.6 Å². The Morgan fingerprint density at radius 2 is 2.18 bits per heavy atom. The number of carbonyl (C=O) groups excluding carboxylic acids is 1. The van der Waals surface area contributed by atoms with Gasteiger partial charge in [-0.15, -0.1) is 0 Å². The first-order valence-electron chi connectivity index (χ1n) is 7.93. The fourth-order valence-electron chi connectivity index (χ4n) is 2.35. The number of nitrogens with zero attached hydrogens (tertiary/aromatic N) is 1. The summed E-state index contributed by atoms with van der Waals surface area (Å²) in [6.45, 7) is 8.11. The number of hydrogen-bond acceptors (Lipinski definition) is 4. The molecule has 1 unspecified atom stereocenters. The molecule has 1 aliphatic heterocycles. The van der Waals surface area contributed by atoms with E-state index in [1.807, 2.05) is 30.3 Å². The molecule has 1 atom stereocenters. The van der Waals surface area contributed by atoms with Gasteiger partial charge in [0.25, 0.3) is 0 Å². The van der Waals surface area contributed by atoms with Crippen molar-refractivity contribution in [3.63, 3.8) is 0 Å². The van der Waals surface area contributed by atoms with E-state index in [1.54, 1.807) is 4.90 Å². The van der Waals surface area contributed by atoms with E-state index >= 15 is 0 Å². The smallest absolute Gasteiger partial charge is 0.410 e. The second kappa shape index (κ2) is 8.76. The zero-order valence-electron chi connectivity index (χ0n) is 13.5. The van der Waals surface area contributed by atoms with E-state index in [4.69, 9.17) is 9.47 Å². The summed E-state index contributed by atoms with van der Waals surface area (Å²) in [7, 11) is 0. The summed E-state index contributed by atoms with van der Waals surface area (Å²) in [5, 5.41) is 3.37. The van der Waals surface area contributed by atoms with Crippen molar-refractivity contribution in [3.05, 3.63) is 35.9 Å². The number of amides is 1. The third-order valence-electron chi connectivity index (χ3n) is 3.53. The van der Waals surface area contributed by atoms with Crippen LogP contribution in [0.3, 0.4) is 0 Å². The van der Waals surface area contributed by atoms with Crippen molar-refractivity contribution >= 4 is 6.09 Å². The summed E-state index contributed by atoms with van der Waals surface area (Å²) >= 11 is 0. The summed E-state index contributed by atoms with van der Waals surface area (Å²) in [5.74, 6) is 0.607. The van der Waals surface area contributed by atoms with Crippen LogP contribution in [0.15, 0.2) is 30.3 Å². The van der Waals surface area contributed by atoms with Crippen LogP contribution in [-0.4, -0.2) is 49.9 Å². The van der Waals surface area contributed by atoms with Crippen LogP contribution >= 0.6 is 0 Å². The quantitative estimate of drug-likeness (QED) is 0.876. The van der Waals surface area contributed by atoms with Gasteiger partial charge >= 0.3 is 6.09 Å². The van der Waals surface area contributed by atoms with Gasteiger partial charge in [-0.05, 0) is 18.0 Å². The number of benzene rings is 1. The lowest BCUT2D eigenvalue weighted by molar-refractivity contribution is -0.0271. The molecule has 0 aromatic heterocycles. The minimum absolute atomic E-state index is 0.0387. The Labute approximate surface area is 132 Å². The van der Waals surface area contributed by atoms with Crippen molar-refractivity contribution in [2.75, 3.05) is 32.8 Å². The summed E-state index contributed by atoms with van der Waals surface area (Å²) < 4.78 is 11.1. The minimum Gasteiger partial charge on any atom is -0.445 e. The van der Waals surface area contributed by atoms with Crippen LogP contribution < -0.4 is 5.32 Å². The maximum absolute atomic E-state index is 12.1. The normalized spacial score (nSPS) is 18.5. The first-order chi connectivity index (χ1) is 10.6. The van der Waals surface area contributed by atoms with Crippen molar-refractivity contribution in [1.82, 2.24) is 10.2 Å². The van der Waals surface area contributed by atoms with Crippen LogP contribution in [0, 0.1) is 5.92 Å². The Morgan fingerprint density at radius 3 is 2.91 bits per heavy atom. The molecule has 1 N–H and O–H groups in total. The largest absolute Gasteiger partial charge is 0.445 e. The predicted molar refractivity (Wildman–Crippen MR) is 85.6 cm³/mol. The average molecular weight is 306 g/mol. The van der Waals surface area contributed by atoms with E-state index in [9.17, 15) is 4.79 Å². The second-order valence-electron chi connectivity index (χ2n) is 6.03. The molecule has 5 nitrogen and oxygen atoms in total. The molecule has 0 radical (unpaired) electrons. The van der Waals surface area contributed by atoms with Crippen LogP contribution in [0.4, 0.5) is 4.79 Å². The number of rotatable bonds is 6. The maximum atomic E-state index is 12.1. The second-order valence-corrected chi connectivity index (χ2v) is 6.03. The molecule has 0 aliphatic carbocycles. The molecule has 1 heterocycles. The van der Waals surface area contributed by atoms with Crippen LogP contribution in [-0.2, 0) is 16.1 Å². The monoisotopic (exact) mass is 306 g/mol. The fourth-order valence-corrected chi connectivity index (χ4v) is 2.35. The summed E-state index contributed by atoms with van der Waals surface area (Å²) in [6.07, 6.45) is -0.224. The lowest BCUT2D eigenvalue weighted by Gasteiger charge is -2.32. The molecule has 0 spiro atoms. The molecule has 1 fully saturated rings. The molecule has 1 aromatic rings. The minimum atomic E-state index is -0.263. The van der Waals surface area contributed by atoms with Crippen molar-refractivity contribution in [3.8, 4) is 0 Å². The highest BCUT2D eigenvalue weighted by atomic mass is 16.6. The summed E-state index contributed by atoms with van der Waals surface area (Å²) in [4.78, 5) is 13.9. The highest BCUT2D eigenvalue weighted by Gasteiger charge is 2.25. The molecule has 122 valence electrons. The van der Waals surface area contributed by atoms with Gasteiger partial charge in [-0.1, -0.05) is 44.2 Å². The molecule has 1 amide bonds. The summed E-state index contributed by atoms with van der Waals surface area (Å²) in [6, 6.07) is 9.72. The van der Waals surface area contributed by atoms with Crippen molar-refractivity contribution < 1.29 is 14.3 Å². The van der Waals surface area contributed by atoms with Crippen LogP contribution in [0.5, 0.6) is 0 Å². The highest BCUT2D eigenvalue weighted by molar-refractivity contribution is 5.67. The molecule has 5 heteroatoms. The molecule has 0 bridgehead atoms. The van der Waals surface area contributed by atoms with E-state index < -0.39 is 0 Å². The maximum Gasteiger partial charge on any atom is 0.410 e. The molecule has 22 heavy (non-hydrogen) atoms. The number of ether oxygens (including phenoxy) is 2. The van der Waals surface area contributed by atoms with Crippen LogP contribution in [0.25, 0.3) is 0 Å². The Kier molecular flexibility index (Phi) is 6.68. The SMILES string of the molecule is CC(C)CNCC1CN(C(=O)OCc2ccccc2)CCO1. The lowest BCUT2D eigenvalue weighted by Crippen LogP contribution is -2.49. The van der Waals surface area contributed by atoms with Gasteiger partial charge in [0.2, 0.25) is 0 Å². The average Bonchev–Trinajstić information content (AvgIpc) is 2.53. The fraction of sp³-hybridized carbons (Fsp3) is 0.588. The molecule has 1 saturated heterocycles. The van der Waals surface area contributed by atoms with E-state index in [1.165, 1.54) is 0 Å². The van der Waals surface area contributed by atoms with E-state index in [-0.39, 0.29) is 12.2 Å². The molecular weight excluding hydrogens is 280 g/mol. The Balaban J connectivity index is 1.72.